The minimum Gasteiger partial charge on any atom is -0.337 e. The summed E-state index contributed by atoms with van der Waals surface area (Å²) in [5.41, 5.74) is 5.96. The Balaban J connectivity index is 1.52. The van der Waals surface area contributed by atoms with Crippen LogP contribution in [0.25, 0.3) is 0 Å². The Bertz CT molecular complexity index is 955. The molecule has 28 heavy (non-hydrogen) atoms. The van der Waals surface area contributed by atoms with Crippen molar-refractivity contribution < 1.29 is 14.4 Å². The first-order valence-electron chi connectivity index (χ1n) is 8.63. The summed E-state index contributed by atoms with van der Waals surface area (Å²) in [6.45, 7) is 0.511. The third kappa shape index (κ3) is 5.28. The van der Waals surface area contributed by atoms with Gasteiger partial charge in [-0.05, 0) is 30.3 Å². The Labute approximate surface area is 161 Å². The number of hydrogen-bond donors (Lipinski definition) is 3. The van der Waals surface area contributed by atoms with Gasteiger partial charge in [-0.2, -0.15) is 0 Å². The SMILES string of the molecule is O=C(CCn1ccnc1)Nc1cccc(C(=O)NNC(=O)c2ccccc2)c1. The first kappa shape index (κ1) is 18.8. The molecule has 0 fully saturated rings. The van der Waals surface area contributed by atoms with Gasteiger partial charge in [0.1, 0.15) is 0 Å². The normalized spacial score (nSPS) is 10.1. The van der Waals surface area contributed by atoms with E-state index in [0.29, 0.717) is 23.4 Å². The first-order valence-corrected chi connectivity index (χ1v) is 8.63. The molecule has 0 radical (unpaired) electrons. The van der Waals surface area contributed by atoms with Crippen molar-refractivity contribution >= 4 is 23.4 Å². The molecule has 142 valence electrons. The number of benzene rings is 2. The number of nitrogens with one attached hydrogen (secondary N) is 3. The third-order valence-electron chi connectivity index (χ3n) is 3.89. The Morgan fingerprint density at radius 2 is 1.61 bits per heavy atom. The van der Waals surface area contributed by atoms with Gasteiger partial charge in [0.15, 0.2) is 0 Å². The molecule has 2 aromatic carbocycles. The lowest BCUT2D eigenvalue weighted by Gasteiger charge is -2.09. The summed E-state index contributed by atoms with van der Waals surface area (Å²) in [6, 6.07) is 15.0. The largest absolute Gasteiger partial charge is 0.337 e. The average molecular weight is 377 g/mol. The van der Waals surface area contributed by atoms with Gasteiger partial charge >= 0.3 is 0 Å². The molecule has 1 aromatic heterocycles. The van der Waals surface area contributed by atoms with Crippen LogP contribution in [0.1, 0.15) is 27.1 Å². The lowest BCUT2D eigenvalue weighted by atomic mass is 10.2. The van der Waals surface area contributed by atoms with Crippen LogP contribution in [0.3, 0.4) is 0 Å². The molecule has 0 bridgehead atoms. The van der Waals surface area contributed by atoms with Gasteiger partial charge in [0.25, 0.3) is 11.8 Å². The minimum absolute atomic E-state index is 0.177. The van der Waals surface area contributed by atoms with E-state index < -0.39 is 11.8 Å². The van der Waals surface area contributed by atoms with E-state index in [1.54, 1.807) is 77.9 Å². The summed E-state index contributed by atoms with van der Waals surface area (Å²) in [5, 5.41) is 2.75. The summed E-state index contributed by atoms with van der Waals surface area (Å²) >= 11 is 0. The second-order valence-electron chi connectivity index (χ2n) is 5.95. The summed E-state index contributed by atoms with van der Waals surface area (Å²) in [4.78, 5) is 40.2. The van der Waals surface area contributed by atoms with E-state index in [4.69, 9.17) is 0 Å². The van der Waals surface area contributed by atoms with Crippen LogP contribution in [0, 0.1) is 0 Å². The molecule has 0 aliphatic rings. The number of rotatable bonds is 6. The first-order chi connectivity index (χ1) is 13.6. The summed E-state index contributed by atoms with van der Waals surface area (Å²) in [6.07, 6.45) is 5.35. The molecule has 8 heteroatoms. The molecule has 3 N–H and O–H groups in total. The highest BCUT2D eigenvalue weighted by molar-refractivity contribution is 6.00. The van der Waals surface area contributed by atoms with Crippen molar-refractivity contribution in [3.05, 3.63) is 84.4 Å². The maximum absolute atomic E-state index is 12.3. The second-order valence-corrected chi connectivity index (χ2v) is 5.95. The van der Waals surface area contributed by atoms with Crippen LogP contribution < -0.4 is 16.2 Å². The molecular formula is C20H19N5O3. The van der Waals surface area contributed by atoms with Crippen LogP contribution in [-0.2, 0) is 11.3 Å². The Morgan fingerprint density at radius 1 is 0.893 bits per heavy atom. The zero-order valence-corrected chi connectivity index (χ0v) is 15.0. The van der Waals surface area contributed by atoms with Gasteiger partial charge in [0, 0.05) is 42.2 Å². The quantitative estimate of drug-likeness (QED) is 0.571. The van der Waals surface area contributed by atoms with E-state index in [-0.39, 0.29) is 12.3 Å². The average Bonchev–Trinajstić information content (AvgIpc) is 3.25. The van der Waals surface area contributed by atoms with Crippen LogP contribution in [0.2, 0.25) is 0 Å². The van der Waals surface area contributed by atoms with Crippen molar-refractivity contribution in [1.82, 2.24) is 20.4 Å². The summed E-state index contributed by atoms with van der Waals surface area (Å²) in [5.74, 6) is -1.08. The van der Waals surface area contributed by atoms with Crippen LogP contribution in [0.4, 0.5) is 5.69 Å². The van der Waals surface area contributed by atoms with Gasteiger partial charge in [-0.25, -0.2) is 4.98 Å². The van der Waals surface area contributed by atoms with Gasteiger partial charge in [-0.3, -0.25) is 25.2 Å². The van der Waals surface area contributed by atoms with Crippen molar-refractivity contribution in [3.63, 3.8) is 0 Å². The smallest absolute Gasteiger partial charge is 0.269 e. The van der Waals surface area contributed by atoms with E-state index >= 15 is 0 Å². The number of imidazole rings is 1. The fourth-order valence-electron chi connectivity index (χ4n) is 2.46. The minimum atomic E-state index is -0.487. The molecule has 3 aromatic rings. The van der Waals surface area contributed by atoms with Crippen molar-refractivity contribution in [2.45, 2.75) is 13.0 Å². The highest BCUT2D eigenvalue weighted by Gasteiger charge is 2.10. The highest BCUT2D eigenvalue weighted by Crippen LogP contribution is 2.11. The molecule has 0 saturated heterocycles. The maximum Gasteiger partial charge on any atom is 0.269 e. The summed E-state index contributed by atoms with van der Waals surface area (Å²) in [7, 11) is 0. The molecule has 8 nitrogen and oxygen atoms in total. The number of hydrogen-bond acceptors (Lipinski definition) is 4. The molecule has 3 rings (SSSR count). The van der Waals surface area contributed by atoms with Crippen LogP contribution >= 0.6 is 0 Å². The summed E-state index contributed by atoms with van der Waals surface area (Å²) < 4.78 is 1.80. The van der Waals surface area contributed by atoms with Gasteiger partial charge in [-0.1, -0.05) is 24.3 Å². The zero-order chi connectivity index (χ0) is 19.8. The fraction of sp³-hybridized carbons (Fsp3) is 0.100. The molecule has 1 heterocycles. The lowest BCUT2D eigenvalue weighted by Crippen LogP contribution is -2.41. The van der Waals surface area contributed by atoms with Crippen molar-refractivity contribution in [2.75, 3.05) is 5.32 Å². The molecule has 0 unspecified atom stereocenters. The predicted octanol–water partition coefficient (Wildman–Crippen LogP) is 1.99. The van der Waals surface area contributed by atoms with E-state index in [1.807, 2.05) is 0 Å². The molecule has 0 atom stereocenters. The Kier molecular flexibility index (Phi) is 6.14. The van der Waals surface area contributed by atoms with Crippen molar-refractivity contribution in [3.8, 4) is 0 Å². The number of hydrazine groups is 1. The molecule has 0 aliphatic carbocycles. The van der Waals surface area contributed by atoms with Gasteiger partial charge in [0.05, 0.1) is 6.33 Å². The molecular weight excluding hydrogens is 358 g/mol. The molecule has 3 amide bonds. The monoisotopic (exact) mass is 377 g/mol. The topological polar surface area (TPSA) is 105 Å². The predicted molar refractivity (Wildman–Crippen MR) is 103 cm³/mol. The number of aromatic nitrogens is 2. The standard InChI is InChI=1S/C20H19N5O3/c26-18(9-11-25-12-10-21-14-25)22-17-8-4-7-16(13-17)20(28)24-23-19(27)15-5-2-1-3-6-15/h1-8,10,12-14H,9,11H2,(H,22,26)(H,23,27)(H,24,28). The maximum atomic E-state index is 12.3. The number of carbonyl (C=O) groups is 3. The molecule has 0 spiro atoms. The van der Waals surface area contributed by atoms with Gasteiger partial charge < -0.3 is 9.88 Å². The van der Waals surface area contributed by atoms with Crippen LogP contribution in [0.15, 0.2) is 73.3 Å². The van der Waals surface area contributed by atoms with E-state index in [0.717, 1.165) is 0 Å². The zero-order valence-electron chi connectivity index (χ0n) is 15.0. The molecule has 0 aliphatic heterocycles. The number of anilines is 1. The highest BCUT2D eigenvalue weighted by atomic mass is 16.2. The Morgan fingerprint density at radius 3 is 2.32 bits per heavy atom. The number of amides is 3. The lowest BCUT2D eigenvalue weighted by molar-refractivity contribution is -0.116. The third-order valence-corrected chi connectivity index (χ3v) is 3.89. The van der Waals surface area contributed by atoms with Gasteiger partial charge in [0.2, 0.25) is 5.91 Å². The van der Waals surface area contributed by atoms with E-state index in [9.17, 15) is 14.4 Å². The van der Waals surface area contributed by atoms with Crippen LogP contribution in [0.5, 0.6) is 0 Å². The van der Waals surface area contributed by atoms with Crippen molar-refractivity contribution in [1.29, 1.82) is 0 Å². The fourth-order valence-corrected chi connectivity index (χ4v) is 2.46. The second kappa shape index (κ2) is 9.13. The van der Waals surface area contributed by atoms with Gasteiger partial charge in [-0.15, -0.1) is 0 Å². The number of carbonyl (C=O) groups excluding carboxylic acids is 3. The number of nitrogens with zero attached hydrogens (tertiary/aromatic N) is 2. The van der Waals surface area contributed by atoms with Crippen LogP contribution in [-0.4, -0.2) is 27.3 Å². The Hall–Kier alpha value is -3.94. The van der Waals surface area contributed by atoms with E-state index in [1.165, 1.54) is 0 Å². The number of aryl methyl sites for hydroxylation is 1. The molecule has 0 saturated carbocycles. The van der Waals surface area contributed by atoms with Crippen molar-refractivity contribution in [2.24, 2.45) is 0 Å². The van der Waals surface area contributed by atoms with E-state index in [2.05, 4.69) is 21.2 Å².